The summed E-state index contributed by atoms with van der Waals surface area (Å²) in [5.74, 6) is 1.12. The predicted octanol–water partition coefficient (Wildman–Crippen LogP) is 0.975. The molecule has 2 heterocycles. The van der Waals surface area contributed by atoms with E-state index in [4.69, 9.17) is 0 Å². The number of hydrogen-bond acceptors (Lipinski definition) is 2. The van der Waals surface area contributed by atoms with Crippen molar-refractivity contribution >= 4 is 0 Å². The number of hydrogen-bond donors (Lipinski definition) is 1. The van der Waals surface area contributed by atoms with E-state index in [9.17, 15) is 0 Å². The average Bonchev–Trinajstić information content (AvgIpc) is 2.81. The third-order valence-electron chi connectivity index (χ3n) is 5.02. The number of nitrogens with one attached hydrogen (secondary N) is 1. The Morgan fingerprint density at radius 2 is 2.23 bits per heavy atom. The lowest BCUT2D eigenvalue weighted by atomic mass is 9.75. The van der Waals surface area contributed by atoms with Crippen molar-refractivity contribution in [1.29, 1.82) is 0 Å². The van der Waals surface area contributed by atoms with Crippen LogP contribution in [0, 0.1) is 5.92 Å². The van der Waals surface area contributed by atoms with E-state index in [2.05, 4.69) is 10.2 Å². The minimum Gasteiger partial charge on any atom is -0.311 e. The zero-order valence-electron chi connectivity index (χ0n) is 8.13. The Kier molecular flexibility index (Phi) is 1.18. The summed E-state index contributed by atoms with van der Waals surface area (Å²) in [4.78, 5) is 2.87. The van der Waals surface area contributed by atoms with Gasteiger partial charge in [0.1, 0.15) is 0 Å². The molecule has 2 nitrogen and oxygen atoms in total. The molecular weight excluding hydrogens is 160 g/mol. The molecule has 0 radical (unpaired) electrons. The van der Waals surface area contributed by atoms with Crippen LogP contribution in [-0.4, -0.2) is 35.6 Å². The summed E-state index contributed by atoms with van der Waals surface area (Å²) in [6, 6.07) is 1.75. The molecule has 1 N–H and O–H groups in total. The summed E-state index contributed by atoms with van der Waals surface area (Å²) < 4.78 is 0. The maximum atomic E-state index is 3.60. The third-order valence-corrected chi connectivity index (χ3v) is 5.02. The van der Waals surface area contributed by atoms with Gasteiger partial charge in [0.05, 0.1) is 0 Å². The normalized spacial score (nSPS) is 58.6. The van der Waals surface area contributed by atoms with E-state index in [1.54, 1.807) is 0 Å². The Bertz CT molecular complexity index is 239. The van der Waals surface area contributed by atoms with E-state index in [0.717, 1.165) is 18.0 Å². The molecule has 2 atom stereocenters. The molecule has 0 spiro atoms. The van der Waals surface area contributed by atoms with Crippen LogP contribution in [0.4, 0.5) is 0 Å². The van der Waals surface area contributed by atoms with Gasteiger partial charge in [0, 0.05) is 30.7 Å². The number of fused-ring (bicyclic) bond motifs is 3. The van der Waals surface area contributed by atoms with Gasteiger partial charge in [0.15, 0.2) is 0 Å². The monoisotopic (exact) mass is 178 g/mol. The summed E-state index contributed by atoms with van der Waals surface area (Å²) in [5, 5.41) is 3.60. The Hall–Kier alpha value is -0.0800. The molecule has 2 heteroatoms. The fourth-order valence-corrected chi connectivity index (χ4v) is 4.42. The van der Waals surface area contributed by atoms with Gasteiger partial charge in [-0.2, -0.15) is 0 Å². The molecule has 72 valence electrons. The molecule has 2 unspecified atom stereocenters. The van der Waals surface area contributed by atoms with Gasteiger partial charge in [-0.05, 0) is 38.0 Å². The van der Waals surface area contributed by atoms with Crippen molar-refractivity contribution in [2.75, 3.05) is 13.1 Å². The first-order valence-corrected chi connectivity index (χ1v) is 5.86. The summed E-state index contributed by atoms with van der Waals surface area (Å²) in [7, 11) is 0. The summed E-state index contributed by atoms with van der Waals surface area (Å²) in [5.41, 5.74) is 0.714. The first kappa shape index (κ1) is 7.24. The van der Waals surface area contributed by atoms with Crippen molar-refractivity contribution in [1.82, 2.24) is 10.2 Å². The minimum absolute atomic E-state index is 0.714. The first-order chi connectivity index (χ1) is 6.36. The van der Waals surface area contributed by atoms with Gasteiger partial charge in [-0.15, -0.1) is 0 Å². The van der Waals surface area contributed by atoms with Crippen LogP contribution in [0.2, 0.25) is 0 Å². The smallest absolute Gasteiger partial charge is 0.0242 e. The van der Waals surface area contributed by atoms with E-state index >= 15 is 0 Å². The van der Waals surface area contributed by atoms with Gasteiger partial charge in [-0.3, -0.25) is 4.90 Å². The van der Waals surface area contributed by atoms with E-state index in [0.29, 0.717) is 5.54 Å². The van der Waals surface area contributed by atoms with Gasteiger partial charge in [-0.25, -0.2) is 0 Å². The summed E-state index contributed by atoms with van der Waals surface area (Å²) >= 11 is 0. The lowest BCUT2D eigenvalue weighted by Crippen LogP contribution is -2.58. The second-order valence-electron chi connectivity index (χ2n) is 5.68. The van der Waals surface area contributed by atoms with Crippen LogP contribution in [0.15, 0.2) is 0 Å². The topological polar surface area (TPSA) is 15.3 Å². The second-order valence-corrected chi connectivity index (χ2v) is 5.68. The Morgan fingerprint density at radius 1 is 1.31 bits per heavy atom. The molecule has 13 heavy (non-hydrogen) atoms. The quantitative estimate of drug-likeness (QED) is 0.644. The molecule has 2 saturated heterocycles. The first-order valence-electron chi connectivity index (χ1n) is 5.86. The molecule has 4 bridgehead atoms. The number of likely N-dealkylation sites (tertiary alicyclic amines) is 1. The second kappa shape index (κ2) is 2.12. The highest BCUT2D eigenvalue weighted by atomic mass is 15.3. The highest BCUT2D eigenvalue weighted by Crippen LogP contribution is 2.57. The Balaban J connectivity index is 1.62. The largest absolute Gasteiger partial charge is 0.311 e. The van der Waals surface area contributed by atoms with Crippen LogP contribution in [0.5, 0.6) is 0 Å². The maximum Gasteiger partial charge on any atom is 0.0242 e. The molecule has 2 aliphatic heterocycles. The van der Waals surface area contributed by atoms with Crippen molar-refractivity contribution in [2.24, 2.45) is 5.92 Å². The van der Waals surface area contributed by atoms with E-state index in [1.165, 1.54) is 45.2 Å². The third kappa shape index (κ3) is 0.774. The number of nitrogens with zero attached hydrogens (tertiary/aromatic N) is 1. The Morgan fingerprint density at radius 3 is 2.77 bits per heavy atom. The number of piperazine rings is 1. The highest BCUT2D eigenvalue weighted by Gasteiger charge is 2.58. The SMILES string of the molecule is C1CC2(N3CC4CC3CN4)CC1C2. The zero-order valence-corrected chi connectivity index (χ0v) is 8.13. The standard InChI is InChI=1S/C11H18N2/c1-2-11(4-8(1)5-11)13-7-9-3-10(13)6-12-9/h8-10,12H,1-7H2. The molecule has 3 aliphatic carbocycles. The molecule has 0 aromatic rings. The lowest BCUT2D eigenvalue weighted by Gasteiger charge is -2.49. The highest BCUT2D eigenvalue weighted by molar-refractivity contribution is 5.14. The van der Waals surface area contributed by atoms with Gasteiger partial charge < -0.3 is 5.32 Å². The zero-order chi connectivity index (χ0) is 8.47. The van der Waals surface area contributed by atoms with E-state index in [-0.39, 0.29) is 0 Å². The summed E-state index contributed by atoms with van der Waals surface area (Å²) in [6.45, 7) is 2.63. The van der Waals surface area contributed by atoms with E-state index < -0.39 is 0 Å². The molecular formula is C11H18N2. The van der Waals surface area contributed by atoms with Gasteiger partial charge in [0.25, 0.3) is 0 Å². The molecule has 0 aromatic carbocycles. The van der Waals surface area contributed by atoms with Crippen LogP contribution in [0.3, 0.4) is 0 Å². The lowest BCUT2D eigenvalue weighted by molar-refractivity contribution is 0.00760. The average molecular weight is 178 g/mol. The molecule has 5 aliphatic rings. The van der Waals surface area contributed by atoms with Gasteiger partial charge >= 0.3 is 0 Å². The molecule has 0 amide bonds. The molecule has 5 rings (SSSR count). The van der Waals surface area contributed by atoms with Crippen molar-refractivity contribution in [2.45, 2.75) is 49.7 Å². The van der Waals surface area contributed by atoms with Crippen LogP contribution in [0.25, 0.3) is 0 Å². The molecule has 0 aromatic heterocycles. The summed E-state index contributed by atoms with van der Waals surface area (Å²) in [6.07, 6.45) is 7.56. The molecule has 5 fully saturated rings. The van der Waals surface area contributed by atoms with Crippen LogP contribution in [0.1, 0.15) is 32.1 Å². The predicted molar refractivity (Wildman–Crippen MR) is 51.6 cm³/mol. The van der Waals surface area contributed by atoms with Crippen molar-refractivity contribution < 1.29 is 0 Å². The van der Waals surface area contributed by atoms with Crippen molar-refractivity contribution in [3.63, 3.8) is 0 Å². The van der Waals surface area contributed by atoms with Crippen molar-refractivity contribution in [3.05, 3.63) is 0 Å². The number of rotatable bonds is 1. The fraction of sp³-hybridized carbons (Fsp3) is 1.00. The van der Waals surface area contributed by atoms with Crippen LogP contribution in [-0.2, 0) is 0 Å². The minimum atomic E-state index is 0.714. The van der Waals surface area contributed by atoms with Crippen molar-refractivity contribution in [3.8, 4) is 0 Å². The van der Waals surface area contributed by atoms with E-state index in [1.807, 2.05) is 0 Å². The van der Waals surface area contributed by atoms with Gasteiger partial charge in [-0.1, -0.05) is 0 Å². The fourth-order valence-electron chi connectivity index (χ4n) is 4.42. The molecule has 3 saturated carbocycles. The Labute approximate surface area is 79.7 Å². The van der Waals surface area contributed by atoms with Crippen LogP contribution < -0.4 is 5.32 Å². The van der Waals surface area contributed by atoms with Crippen LogP contribution >= 0.6 is 0 Å². The van der Waals surface area contributed by atoms with Gasteiger partial charge in [0.2, 0.25) is 0 Å². The maximum absolute atomic E-state index is 3.60.